The Labute approximate surface area is 121 Å². The smallest absolute Gasteiger partial charge is 0.341 e. The van der Waals surface area contributed by atoms with Crippen LogP contribution in [-0.2, 0) is 18.5 Å². The van der Waals surface area contributed by atoms with Crippen LogP contribution in [0.2, 0.25) is 0 Å². The Morgan fingerprint density at radius 1 is 1.35 bits per heavy atom. The molecule has 0 N–H and O–H groups in total. The van der Waals surface area contributed by atoms with Crippen molar-refractivity contribution in [2.45, 2.75) is 18.7 Å². The van der Waals surface area contributed by atoms with Gasteiger partial charge in [-0.1, -0.05) is 0 Å². The molecule has 0 fully saturated rings. The van der Waals surface area contributed by atoms with Gasteiger partial charge in [0.25, 0.3) is 9.05 Å². The highest BCUT2D eigenvalue weighted by molar-refractivity contribution is 8.13. The van der Waals surface area contributed by atoms with E-state index in [9.17, 15) is 17.6 Å². The molecule has 1 aromatic rings. The first-order chi connectivity index (χ1) is 9.27. The van der Waals surface area contributed by atoms with E-state index in [0.29, 0.717) is 6.61 Å². The van der Waals surface area contributed by atoms with Gasteiger partial charge < -0.3 is 9.47 Å². The average Bonchev–Trinajstić information content (AvgIpc) is 2.36. The molecule has 0 aliphatic rings. The van der Waals surface area contributed by atoms with Crippen molar-refractivity contribution in [2.75, 3.05) is 19.8 Å². The van der Waals surface area contributed by atoms with E-state index in [4.69, 9.17) is 20.2 Å². The van der Waals surface area contributed by atoms with Crippen molar-refractivity contribution in [1.82, 2.24) is 0 Å². The quantitative estimate of drug-likeness (QED) is 0.456. The number of hydrogen-bond donors (Lipinski definition) is 0. The van der Waals surface area contributed by atoms with Crippen molar-refractivity contribution in [3.8, 4) is 0 Å². The lowest BCUT2D eigenvalue weighted by atomic mass is 10.1. The molecule has 0 atom stereocenters. The van der Waals surface area contributed by atoms with Crippen LogP contribution >= 0.6 is 10.7 Å². The topological polar surface area (TPSA) is 69.7 Å². The zero-order valence-electron chi connectivity index (χ0n) is 11.0. The molecular weight excluding hydrogens is 311 g/mol. The molecule has 1 rings (SSSR count). The maximum atomic E-state index is 13.8. The van der Waals surface area contributed by atoms with Gasteiger partial charge in [0, 0.05) is 17.3 Å². The average molecular weight is 325 g/mol. The molecule has 0 aliphatic carbocycles. The summed E-state index contributed by atoms with van der Waals surface area (Å²) < 4.78 is 46.1. The number of ether oxygens (including phenoxy) is 2. The number of carbonyl (C=O) groups is 1. The fourth-order valence-electron chi connectivity index (χ4n) is 1.44. The molecule has 0 aliphatic heterocycles. The molecule has 20 heavy (non-hydrogen) atoms. The summed E-state index contributed by atoms with van der Waals surface area (Å²) in [5.41, 5.74) is -0.482. The lowest BCUT2D eigenvalue weighted by molar-refractivity contribution is 0.0330. The van der Waals surface area contributed by atoms with Gasteiger partial charge in [-0.2, -0.15) is 0 Å². The summed E-state index contributed by atoms with van der Waals surface area (Å²) in [5.74, 6) is -1.80. The number of benzene rings is 1. The molecule has 0 heterocycles. The van der Waals surface area contributed by atoms with Crippen molar-refractivity contribution < 1.29 is 27.1 Å². The van der Waals surface area contributed by atoms with Crippen molar-refractivity contribution in [1.29, 1.82) is 0 Å². The summed E-state index contributed by atoms with van der Waals surface area (Å²) in [6.45, 7) is 3.70. The van der Waals surface area contributed by atoms with E-state index in [-0.39, 0.29) is 23.7 Å². The van der Waals surface area contributed by atoms with Gasteiger partial charge in [0.2, 0.25) is 0 Å². The Kier molecular flexibility index (Phi) is 5.91. The Bertz CT molecular complexity index is 600. The third-order valence-corrected chi connectivity index (χ3v) is 3.73. The van der Waals surface area contributed by atoms with Crippen LogP contribution in [0.1, 0.15) is 22.8 Å². The number of aryl methyl sites for hydroxylation is 1. The second-order valence-corrected chi connectivity index (χ2v) is 6.44. The van der Waals surface area contributed by atoms with Crippen LogP contribution in [-0.4, -0.2) is 34.2 Å². The van der Waals surface area contributed by atoms with Crippen molar-refractivity contribution >= 4 is 25.7 Å². The third-order valence-electron chi connectivity index (χ3n) is 2.39. The van der Waals surface area contributed by atoms with Crippen LogP contribution < -0.4 is 0 Å². The summed E-state index contributed by atoms with van der Waals surface area (Å²) in [4.78, 5) is 11.4. The molecule has 112 valence electrons. The highest BCUT2D eigenvalue weighted by Gasteiger charge is 2.21. The van der Waals surface area contributed by atoms with Gasteiger partial charge in [0.1, 0.15) is 12.4 Å². The molecule has 0 amide bonds. The highest BCUT2D eigenvalue weighted by Crippen LogP contribution is 2.22. The maximum absolute atomic E-state index is 13.8. The first-order valence-corrected chi connectivity index (χ1v) is 8.08. The zero-order valence-corrected chi connectivity index (χ0v) is 12.6. The zero-order chi connectivity index (χ0) is 15.3. The first kappa shape index (κ1) is 16.9. The van der Waals surface area contributed by atoms with Crippen molar-refractivity contribution in [3.05, 3.63) is 29.1 Å². The van der Waals surface area contributed by atoms with Gasteiger partial charge in [-0.05, 0) is 31.5 Å². The molecule has 0 spiro atoms. The normalized spacial score (nSPS) is 11.4. The van der Waals surface area contributed by atoms with Gasteiger partial charge in [-0.15, -0.1) is 0 Å². The van der Waals surface area contributed by atoms with Crippen LogP contribution in [0.4, 0.5) is 4.39 Å². The minimum Gasteiger partial charge on any atom is -0.460 e. The predicted molar refractivity (Wildman–Crippen MR) is 71.0 cm³/mol. The van der Waals surface area contributed by atoms with Crippen LogP contribution in [0, 0.1) is 12.7 Å². The number of halogens is 2. The van der Waals surface area contributed by atoms with Gasteiger partial charge in [-0.3, -0.25) is 0 Å². The molecule has 0 radical (unpaired) electrons. The first-order valence-electron chi connectivity index (χ1n) is 5.77. The number of rotatable bonds is 6. The van der Waals surface area contributed by atoms with Gasteiger partial charge in [0.05, 0.1) is 17.1 Å². The second kappa shape index (κ2) is 7.01. The second-order valence-electron chi connectivity index (χ2n) is 3.87. The molecule has 0 aromatic heterocycles. The molecule has 5 nitrogen and oxygen atoms in total. The van der Waals surface area contributed by atoms with Gasteiger partial charge in [0.15, 0.2) is 0 Å². The van der Waals surface area contributed by atoms with Crippen LogP contribution in [0.5, 0.6) is 0 Å². The minimum atomic E-state index is -4.05. The molecule has 0 unspecified atom stereocenters. The molecule has 0 saturated carbocycles. The van der Waals surface area contributed by atoms with E-state index in [1.807, 2.05) is 0 Å². The summed E-state index contributed by atoms with van der Waals surface area (Å²) >= 11 is 0. The molecule has 8 heteroatoms. The lowest BCUT2D eigenvalue weighted by Gasteiger charge is -2.08. The summed E-state index contributed by atoms with van der Waals surface area (Å²) in [5, 5.41) is 0. The van der Waals surface area contributed by atoms with Crippen molar-refractivity contribution in [3.63, 3.8) is 0 Å². The summed E-state index contributed by atoms with van der Waals surface area (Å²) in [6, 6.07) is 1.91. The SMILES string of the molecule is CCOCCOC(=O)c1cc(S(=O)(=O)Cl)cc(C)c1F. The maximum Gasteiger partial charge on any atom is 0.341 e. The number of hydrogen-bond acceptors (Lipinski definition) is 5. The fraction of sp³-hybridized carbons (Fsp3) is 0.417. The minimum absolute atomic E-state index is 0.0107. The van der Waals surface area contributed by atoms with E-state index in [1.165, 1.54) is 6.92 Å². The Hall–Kier alpha value is -1.18. The van der Waals surface area contributed by atoms with Gasteiger partial charge >= 0.3 is 5.97 Å². The van der Waals surface area contributed by atoms with Crippen LogP contribution in [0.15, 0.2) is 17.0 Å². The predicted octanol–water partition coefficient (Wildman–Crippen LogP) is 2.25. The van der Waals surface area contributed by atoms with E-state index in [0.717, 1.165) is 12.1 Å². The number of esters is 1. The third kappa shape index (κ3) is 4.43. The Morgan fingerprint density at radius 2 is 2.00 bits per heavy atom. The van der Waals surface area contributed by atoms with Crippen molar-refractivity contribution in [2.24, 2.45) is 0 Å². The number of carbonyl (C=O) groups excluding carboxylic acids is 1. The molecule has 1 aromatic carbocycles. The molecule has 0 bridgehead atoms. The molecular formula is C12H14ClFO5S. The largest absolute Gasteiger partial charge is 0.460 e. The standard InChI is InChI=1S/C12H14ClFO5S/c1-3-18-4-5-19-12(15)10-7-9(20(13,16)17)6-8(2)11(10)14/h6-7H,3-5H2,1-2H3. The monoisotopic (exact) mass is 324 g/mol. The summed E-state index contributed by atoms with van der Waals surface area (Å²) in [7, 11) is 1.13. The van der Waals surface area contributed by atoms with E-state index in [2.05, 4.69) is 0 Å². The summed E-state index contributed by atoms with van der Waals surface area (Å²) in [6.07, 6.45) is 0. The Morgan fingerprint density at radius 3 is 2.55 bits per heavy atom. The van der Waals surface area contributed by atoms with E-state index < -0.39 is 26.4 Å². The van der Waals surface area contributed by atoms with Crippen LogP contribution in [0.3, 0.4) is 0 Å². The molecule has 0 saturated heterocycles. The fourth-order valence-corrected chi connectivity index (χ4v) is 2.28. The highest BCUT2D eigenvalue weighted by atomic mass is 35.7. The van der Waals surface area contributed by atoms with E-state index in [1.54, 1.807) is 6.92 Å². The van der Waals surface area contributed by atoms with Gasteiger partial charge in [-0.25, -0.2) is 17.6 Å². The van der Waals surface area contributed by atoms with E-state index >= 15 is 0 Å². The van der Waals surface area contributed by atoms with Crippen LogP contribution in [0.25, 0.3) is 0 Å². The lowest BCUT2D eigenvalue weighted by Crippen LogP contribution is -2.13. The Balaban J connectivity index is 2.99.